The summed E-state index contributed by atoms with van der Waals surface area (Å²) in [7, 11) is 0. The zero-order valence-electron chi connectivity index (χ0n) is 12.8. The molecule has 0 radical (unpaired) electrons. The molecule has 0 atom stereocenters. The first-order valence-corrected chi connectivity index (χ1v) is 7.02. The molecule has 1 amide bonds. The van der Waals surface area contributed by atoms with Crippen molar-refractivity contribution in [3.8, 4) is 5.95 Å². The van der Waals surface area contributed by atoms with Gasteiger partial charge in [0.05, 0.1) is 5.69 Å². The number of nitrogens with zero attached hydrogens (tertiary/aromatic N) is 3. The molecular formula is C14H17N5O4. The highest BCUT2D eigenvalue weighted by Crippen LogP contribution is 2.14. The molecule has 122 valence electrons. The summed E-state index contributed by atoms with van der Waals surface area (Å²) >= 11 is 0. The summed E-state index contributed by atoms with van der Waals surface area (Å²) in [5, 5.41) is 15.4. The lowest BCUT2D eigenvalue weighted by atomic mass is 10.2. The van der Waals surface area contributed by atoms with Crippen LogP contribution in [0, 0.1) is 13.8 Å². The minimum absolute atomic E-state index is 0.0710. The average molecular weight is 319 g/mol. The van der Waals surface area contributed by atoms with Crippen LogP contribution >= 0.6 is 0 Å². The van der Waals surface area contributed by atoms with Gasteiger partial charge in [-0.2, -0.15) is 9.78 Å². The van der Waals surface area contributed by atoms with Crippen molar-refractivity contribution in [2.24, 2.45) is 0 Å². The summed E-state index contributed by atoms with van der Waals surface area (Å²) in [5.41, 5.74) is 0.838. The molecule has 0 unspecified atom stereocenters. The summed E-state index contributed by atoms with van der Waals surface area (Å²) in [6, 6.07) is 2.99. The van der Waals surface area contributed by atoms with E-state index in [1.54, 1.807) is 19.9 Å². The smallest absolute Gasteiger partial charge is 0.303 e. The van der Waals surface area contributed by atoms with E-state index in [0.29, 0.717) is 17.2 Å². The first kappa shape index (κ1) is 16.4. The van der Waals surface area contributed by atoms with Crippen molar-refractivity contribution in [3.63, 3.8) is 0 Å². The number of rotatable bonds is 6. The van der Waals surface area contributed by atoms with E-state index in [1.165, 1.54) is 10.7 Å². The van der Waals surface area contributed by atoms with Crippen molar-refractivity contribution in [1.82, 2.24) is 19.7 Å². The molecule has 9 nitrogen and oxygen atoms in total. The van der Waals surface area contributed by atoms with E-state index >= 15 is 0 Å². The molecule has 0 saturated carbocycles. The maximum atomic E-state index is 11.9. The van der Waals surface area contributed by atoms with Crippen molar-refractivity contribution in [1.29, 1.82) is 0 Å². The number of aryl methyl sites for hydroxylation is 2. The van der Waals surface area contributed by atoms with E-state index in [9.17, 15) is 14.4 Å². The summed E-state index contributed by atoms with van der Waals surface area (Å²) in [4.78, 5) is 40.6. The van der Waals surface area contributed by atoms with E-state index in [0.717, 1.165) is 0 Å². The van der Waals surface area contributed by atoms with Gasteiger partial charge in [-0.3, -0.25) is 19.4 Å². The van der Waals surface area contributed by atoms with Gasteiger partial charge in [-0.15, -0.1) is 0 Å². The van der Waals surface area contributed by atoms with Crippen LogP contribution in [0.25, 0.3) is 5.95 Å². The second kappa shape index (κ2) is 6.86. The number of carboxylic acids is 1. The van der Waals surface area contributed by atoms with Gasteiger partial charge >= 0.3 is 5.97 Å². The Kier molecular flexibility index (Phi) is 4.89. The highest BCUT2D eigenvalue weighted by atomic mass is 16.4. The lowest BCUT2D eigenvalue weighted by Gasteiger charge is -2.08. The molecule has 0 saturated heterocycles. The van der Waals surface area contributed by atoms with Crippen LogP contribution in [0.15, 0.2) is 16.9 Å². The number of aromatic nitrogens is 4. The molecule has 2 rings (SSSR count). The molecule has 3 N–H and O–H groups in total. The van der Waals surface area contributed by atoms with Crippen LogP contribution in [0.1, 0.15) is 30.7 Å². The molecule has 0 aliphatic carbocycles. The Bertz CT molecular complexity index is 793. The highest BCUT2D eigenvalue weighted by Gasteiger charge is 2.13. The van der Waals surface area contributed by atoms with E-state index in [-0.39, 0.29) is 36.7 Å². The van der Waals surface area contributed by atoms with Crippen LogP contribution in [0.5, 0.6) is 0 Å². The van der Waals surface area contributed by atoms with Crippen LogP contribution < -0.4 is 10.9 Å². The SMILES string of the molecule is Cc1cc(=O)[nH]c(-n2nc(C)cc2NC(=O)CCCC(=O)O)n1. The second-order valence-corrected chi connectivity index (χ2v) is 5.09. The molecule has 0 bridgehead atoms. The Hall–Kier alpha value is -2.97. The van der Waals surface area contributed by atoms with Crippen molar-refractivity contribution in [3.05, 3.63) is 33.9 Å². The predicted octanol–water partition coefficient (Wildman–Crippen LogP) is 0.766. The highest BCUT2D eigenvalue weighted by molar-refractivity contribution is 5.90. The molecular weight excluding hydrogens is 302 g/mol. The minimum atomic E-state index is -0.944. The van der Waals surface area contributed by atoms with Gasteiger partial charge in [0.2, 0.25) is 11.9 Å². The normalized spacial score (nSPS) is 10.5. The number of nitrogens with one attached hydrogen (secondary N) is 2. The quantitative estimate of drug-likeness (QED) is 0.721. The number of aliphatic carboxylic acids is 1. The number of hydrogen-bond acceptors (Lipinski definition) is 5. The summed E-state index contributed by atoms with van der Waals surface area (Å²) in [6.45, 7) is 3.42. The van der Waals surface area contributed by atoms with E-state index < -0.39 is 5.97 Å². The molecule has 2 aromatic rings. The zero-order valence-corrected chi connectivity index (χ0v) is 12.8. The fraction of sp³-hybridized carbons (Fsp3) is 0.357. The van der Waals surface area contributed by atoms with Crippen LogP contribution in [0.3, 0.4) is 0 Å². The molecule has 2 aromatic heterocycles. The number of amides is 1. The first-order valence-electron chi connectivity index (χ1n) is 7.02. The van der Waals surface area contributed by atoms with E-state index in [4.69, 9.17) is 5.11 Å². The Morgan fingerprint density at radius 3 is 2.65 bits per heavy atom. The molecule has 0 spiro atoms. The number of carbonyl (C=O) groups is 2. The number of aromatic amines is 1. The third-order valence-electron chi connectivity index (χ3n) is 2.95. The zero-order chi connectivity index (χ0) is 17.0. The van der Waals surface area contributed by atoms with Crippen molar-refractivity contribution < 1.29 is 14.7 Å². The number of carbonyl (C=O) groups excluding carboxylic acids is 1. The van der Waals surface area contributed by atoms with Crippen LogP contribution in [-0.4, -0.2) is 36.7 Å². The second-order valence-electron chi connectivity index (χ2n) is 5.09. The maximum absolute atomic E-state index is 11.9. The van der Waals surface area contributed by atoms with Crippen LogP contribution in [0.2, 0.25) is 0 Å². The van der Waals surface area contributed by atoms with Crippen LogP contribution in [0.4, 0.5) is 5.82 Å². The molecule has 23 heavy (non-hydrogen) atoms. The molecule has 0 aliphatic rings. The van der Waals surface area contributed by atoms with Crippen LogP contribution in [-0.2, 0) is 9.59 Å². The summed E-state index contributed by atoms with van der Waals surface area (Å²) in [5.74, 6) is -0.719. The van der Waals surface area contributed by atoms with E-state index in [2.05, 4.69) is 20.4 Å². The third kappa shape index (κ3) is 4.50. The molecule has 0 aromatic carbocycles. The van der Waals surface area contributed by atoms with Gasteiger partial charge in [0.15, 0.2) is 0 Å². The molecule has 0 aliphatic heterocycles. The fourth-order valence-corrected chi connectivity index (χ4v) is 2.02. The van der Waals surface area contributed by atoms with Crippen molar-refractivity contribution >= 4 is 17.7 Å². The number of carboxylic acid groups (broad SMARTS) is 1. The first-order chi connectivity index (χ1) is 10.8. The van der Waals surface area contributed by atoms with Gasteiger partial charge in [0, 0.05) is 30.7 Å². The molecule has 2 heterocycles. The largest absolute Gasteiger partial charge is 0.481 e. The minimum Gasteiger partial charge on any atom is -0.481 e. The van der Waals surface area contributed by atoms with Crippen molar-refractivity contribution in [2.45, 2.75) is 33.1 Å². The standard InChI is InChI=1S/C14H17N5O4/c1-8-7-12(21)17-14(15-8)19-10(6-9(2)18-19)16-11(20)4-3-5-13(22)23/h6-7H,3-5H2,1-2H3,(H,16,20)(H,22,23)(H,15,17,21). The Morgan fingerprint density at radius 1 is 1.26 bits per heavy atom. The third-order valence-corrected chi connectivity index (χ3v) is 2.95. The Morgan fingerprint density at radius 2 is 2.00 bits per heavy atom. The van der Waals surface area contributed by atoms with E-state index in [1.807, 2.05) is 0 Å². The monoisotopic (exact) mass is 319 g/mol. The fourth-order valence-electron chi connectivity index (χ4n) is 2.02. The molecule has 0 fully saturated rings. The summed E-state index contributed by atoms with van der Waals surface area (Å²) in [6.07, 6.45) is 0.251. The Balaban J connectivity index is 2.19. The predicted molar refractivity (Wildman–Crippen MR) is 81.6 cm³/mol. The number of anilines is 1. The Labute approximate surface area is 131 Å². The number of H-pyrrole nitrogens is 1. The topological polar surface area (TPSA) is 130 Å². The van der Waals surface area contributed by atoms with Gasteiger partial charge in [0.25, 0.3) is 5.56 Å². The lowest BCUT2D eigenvalue weighted by Crippen LogP contribution is -2.18. The van der Waals surface area contributed by atoms with Gasteiger partial charge < -0.3 is 10.4 Å². The van der Waals surface area contributed by atoms with Crippen molar-refractivity contribution in [2.75, 3.05) is 5.32 Å². The van der Waals surface area contributed by atoms with Gasteiger partial charge in [-0.05, 0) is 20.3 Å². The molecule has 9 heteroatoms. The average Bonchev–Trinajstić information content (AvgIpc) is 2.78. The maximum Gasteiger partial charge on any atom is 0.303 e. The summed E-state index contributed by atoms with van der Waals surface area (Å²) < 4.78 is 1.33. The van der Waals surface area contributed by atoms with Gasteiger partial charge in [0.1, 0.15) is 5.82 Å². The lowest BCUT2D eigenvalue weighted by molar-refractivity contribution is -0.137. The van der Waals surface area contributed by atoms with Gasteiger partial charge in [-0.25, -0.2) is 4.98 Å². The number of hydrogen-bond donors (Lipinski definition) is 3. The van der Waals surface area contributed by atoms with Gasteiger partial charge in [-0.1, -0.05) is 0 Å².